The van der Waals surface area contributed by atoms with Crippen molar-refractivity contribution in [1.82, 2.24) is 10.6 Å². The van der Waals surface area contributed by atoms with Crippen LogP contribution < -0.4 is 10.6 Å². The number of nitrogens with one attached hydrogen (secondary N) is 2. The average molecular weight is 350 g/mol. The van der Waals surface area contributed by atoms with Gasteiger partial charge in [-0.3, -0.25) is 9.59 Å². The van der Waals surface area contributed by atoms with Gasteiger partial charge in [-0.25, -0.2) is 0 Å². The molecule has 0 saturated carbocycles. The van der Waals surface area contributed by atoms with E-state index in [-0.39, 0.29) is 6.42 Å². The third-order valence-corrected chi connectivity index (χ3v) is 3.40. The van der Waals surface area contributed by atoms with Crippen LogP contribution in [0.15, 0.2) is 60.7 Å². The standard InChI is InChI=1S/C18H17F3N2O2/c19-18(20,21)12-22-17(25)15(11-13-7-3-1-4-8-13)23-16(24)14-9-5-2-6-10-14/h1-10,15H,11-12H2,(H,22,25)(H,23,24)/t15-/m0/s1. The molecule has 0 bridgehead atoms. The molecule has 1 atom stereocenters. The van der Waals surface area contributed by atoms with Crippen molar-refractivity contribution in [3.8, 4) is 0 Å². The van der Waals surface area contributed by atoms with Gasteiger partial charge in [-0.2, -0.15) is 13.2 Å². The monoisotopic (exact) mass is 350 g/mol. The highest BCUT2D eigenvalue weighted by molar-refractivity contribution is 5.97. The molecule has 25 heavy (non-hydrogen) atoms. The van der Waals surface area contributed by atoms with Gasteiger partial charge in [0, 0.05) is 12.0 Å². The van der Waals surface area contributed by atoms with Gasteiger partial charge in [0.25, 0.3) is 5.91 Å². The molecule has 4 nitrogen and oxygen atoms in total. The maximum Gasteiger partial charge on any atom is 0.405 e. The van der Waals surface area contributed by atoms with Gasteiger partial charge in [0.15, 0.2) is 0 Å². The Bertz CT molecular complexity index is 703. The second kappa shape index (κ2) is 8.32. The Kier molecular flexibility index (Phi) is 6.16. The van der Waals surface area contributed by atoms with E-state index >= 15 is 0 Å². The maximum atomic E-state index is 12.3. The van der Waals surface area contributed by atoms with Crippen molar-refractivity contribution in [3.63, 3.8) is 0 Å². The molecule has 0 aliphatic rings. The Hall–Kier alpha value is -2.83. The molecule has 2 aromatic rings. The molecular formula is C18H17F3N2O2. The lowest BCUT2D eigenvalue weighted by Gasteiger charge is -2.19. The zero-order chi connectivity index (χ0) is 18.3. The molecule has 2 N–H and O–H groups in total. The lowest BCUT2D eigenvalue weighted by Crippen LogP contribution is -2.49. The van der Waals surface area contributed by atoms with Gasteiger partial charge in [-0.05, 0) is 17.7 Å². The second-order valence-corrected chi connectivity index (χ2v) is 5.41. The largest absolute Gasteiger partial charge is 0.405 e. The van der Waals surface area contributed by atoms with E-state index in [4.69, 9.17) is 0 Å². The minimum Gasteiger partial charge on any atom is -0.345 e. The van der Waals surface area contributed by atoms with Crippen LogP contribution in [0.4, 0.5) is 13.2 Å². The second-order valence-electron chi connectivity index (χ2n) is 5.41. The quantitative estimate of drug-likeness (QED) is 0.842. The van der Waals surface area contributed by atoms with Crippen molar-refractivity contribution in [2.24, 2.45) is 0 Å². The van der Waals surface area contributed by atoms with Gasteiger partial charge in [0.1, 0.15) is 12.6 Å². The molecule has 0 heterocycles. The maximum absolute atomic E-state index is 12.3. The van der Waals surface area contributed by atoms with Crippen LogP contribution in [0, 0.1) is 0 Å². The van der Waals surface area contributed by atoms with Gasteiger partial charge in [0.05, 0.1) is 0 Å². The van der Waals surface area contributed by atoms with Crippen LogP contribution >= 0.6 is 0 Å². The van der Waals surface area contributed by atoms with Crippen LogP contribution in [-0.2, 0) is 11.2 Å². The summed E-state index contributed by atoms with van der Waals surface area (Å²) in [6.07, 6.45) is -4.43. The molecule has 2 aromatic carbocycles. The fourth-order valence-electron chi connectivity index (χ4n) is 2.20. The van der Waals surface area contributed by atoms with Gasteiger partial charge < -0.3 is 10.6 Å². The van der Waals surface area contributed by atoms with E-state index in [2.05, 4.69) is 5.32 Å². The van der Waals surface area contributed by atoms with Crippen LogP contribution in [0.3, 0.4) is 0 Å². The molecule has 2 rings (SSSR count). The van der Waals surface area contributed by atoms with Gasteiger partial charge in [-0.1, -0.05) is 48.5 Å². The van der Waals surface area contributed by atoms with Gasteiger partial charge in [-0.15, -0.1) is 0 Å². The molecule has 0 fully saturated rings. The number of amides is 2. The number of carbonyl (C=O) groups excluding carboxylic acids is 2. The van der Waals surface area contributed by atoms with E-state index in [0.29, 0.717) is 5.56 Å². The molecule has 0 aliphatic carbocycles. The van der Waals surface area contributed by atoms with E-state index in [1.165, 1.54) is 0 Å². The summed E-state index contributed by atoms with van der Waals surface area (Å²) in [6, 6.07) is 15.8. The summed E-state index contributed by atoms with van der Waals surface area (Å²) in [7, 11) is 0. The number of hydrogen-bond acceptors (Lipinski definition) is 2. The SMILES string of the molecule is O=C(N[C@@H](Cc1ccccc1)C(=O)NCC(F)(F)F)c1ccccc1. The number of hydrogen-bond donors (Lipinski definition) is 2. The molecular weight excluding hydrogens is 333 g/mol. The first kappa shape index (κ1) is 18.5. The highest BCUT2D eigenvalue weighted by atomic mass is 19.4. The lowest BCUT2D eigenvalue weighted by molar-refractivity contribution is -0.139. The predicted octanol–water partition coefficient (Wildman–Crippen LogP) is 2.71. The predicted molar refractivity (Wildman–Crippen MR) is 86.9 cm³/mol. The summed E-state index contributed by atoms with van der Waals surface area (Å²) in [5, 5.41) is 4.32. The smallest absolute Gasteiger partial charge is 0.345 e. The van der Waals surface area contributed by atoms with Crippen molar-refractivity contribution in [3.05, 3.63) is 71.8 Å². The number of carbonyl (C=O) groups is 2. The van der Waals surface area contributed by atoms with E-state index in [0.717, 1.165) is 5.56 Å². The number of benzene rings is 2. The van der Waals surface area contributed by atoms with Crippen molar-refractivity contribution in [2.75, 3.05) is 6.54 Å². The number of rotatable bonds is 6. The van der Waals surface area contributed by atoms with E-state index < -0.39 is 30.6 Å². The third-order valence-electron chi connectivity index (χ3n) is 3.40. The zero-order valence-corrected chi connectivity index (χ0v) is 13.2. The summed E-state index contributed by atoms with van der Waals surface area (Å²) in [4.78, 5) is 24.4. The summed E-state index contributed by atoms with van der Waals surface area (Å²) in [6.45, 7) is -1.45. The molecule has 132 valence electrons. The minimum absolute atomic E-state index is 0.0864. The van der Waals surface area contributed by atoms with Crippen LogP contribution in [0.1, 0.15) is 15.9 Å². The Morgan fingerprint density at radius 2 is 1.48 bits per heavy atom. The van der Waals surface area contributed by atoms with Crippen LogP contribution in [0.5, 0.6) is 0 Å². The molecule has 0 spiro atoms. The van der Waals surface area contributed by atoms with Crippen LogP contribution in [-0.4, -0.2) is 30.6 Å². The Morgan fingerprint density at radius 1 is 0.920 bits per heavy atom. The lowest BCUT2D eigenvalue weighted by atomic mass is 10.0. The zero-order valence-electron chi connectivity index (χ0n) is 13.2. The number of alkyl halides is 3. The van der Waals surface area contributed by atoms with E-state index in [1.54, 1.807) is 60.7 Å². The van der Waals surface area contributed by atoms with Gasteiger partial charge in [0.2, 0.25) is 5.91 Å². The Balaban J connectivity index is 2.11. The first-order valence-corrected chi connectivity index (χ1v) is 7.59. The third kappa shape index (κ3) is 6.29. The molecule has 0 aromatic heterocycles. The van der Waals surface area contributed by atoms with Crippen molar-refractivity contribution < 1.29 is 22.8 Å². The molecule has 0 saturated heterocycles. The fraction of sp³-hybridized carbons (Fsp3) is 0.222. The summed E-state index contributed by atoms with van der Waals surface area (Å²) < 4.78 is 37.0. The Morgan fingerprint density at radius 3 is 2.04 bits per heavy atom. The van der Waals surface area contributed by atoms with E-state index in [1.807, 2.05) is 5.32 Å². The summed E-state index contributed by atoms with van der Waals surface area (Å²) in [5.41, 5.74) is 1.05. The molecule has 0 radical (unpaired) electrons. The minimum atomic E-state index is -4.52. The highest BCUT2D eigenvalue weighted by Gasteiger charge is 2.30. The average Bonchev–Trinajstić information content (AvgIpc) is 2.60. The fourth-order valence-corrected chi connectivity index (χ4v) is 2.20. The van der Waals surface area contributed by atoms with Crippen molar-refractivity contribution in [2.45, 2.75) is 18.6 Å². The normalized spacial score (nSPS) is 12.3. The topological polar surface area (TPSA) is 58.2 Å². The molecule has 0 unspecified atom stereocenters. The molecule has 0 aliphatic heterocycles. The van der Waals surface area contributed by atoms with Crippen LogP contribution in [0.2, 0.25) is 0 Å². The van der Waals surface area contributed by atoms with Gasteiger partial charge >= 0.3 is 6.18 Å². The highest BCUT2D eigenvalue weighted by Crippen LogP contribution is 2.13. The number of halogens is 3. The molecule has 2 amide bonds. The Labute approximate surface area is 143 Å². The molecule has 7 heteroatoms. The van der Waals surface area contributed by atoms with Crippen LogP contribution in [0.25, 0.3) is 0 Å². The summed E-state index contributed by atoms with van der Waals surface area (Å²) in [5.74, 6) is -1.41. The van der Waals surface area contributed by atoms with Crippen molar-refractivity contribution in [1.29, 1.82) is 0 Å². The first-order valence-electron chi connectivity index (χ1n) is 7.59. The van der Waals surface area contributed by atoms with Crippen molar-refractivity contribution >= 4 is 11.8 Å². The first-order chi connectivity index (χ1) is 11.8. The van der Waals surface area contributed by atoms with E-state index in [9.17, 15) is 22.8 Å². The summed E-state index contributed by atoms with van der Waals surface area (Å²) >= 11 is 0.